The van der Waals surface area contributed by atoms with Gasteiger partial charge >= 0.3 is 12.0 Å². The van der Waals surface area contributed by atoms with Gasteiger partial charge in [-0.3, -0.25) is 19.3 Å². The normalized spacial score (nSPS) is 15.4. The fourth-order valence-electron chi connectivity index (χ4n) is 2.16. The zero-order valence-corrected chi connectivity index (χ0v) is 14.0. The highest BCUT2D eigenvalue weighted by molar-refractivity contribution is 6.04. The lowest BCUT2D eigenvalue weighted by molar-refractivity contribution is -0.154. The van der Waals surface area contributed by atoms with Crippen LogP contribution in [0.15, 0.2) is 18.2 Å². The van der Waals surface area contributed by atoms with Crippen LogP contribution in [0.25, 0.3) is 0 Å². The van der Waals surface area contributed by atoms with Gasteiger partial charge in [0.2, 0.25) is 0 Å². The number of amides is 4. The highest BCUT2D eigenvalue weighted by atomic mass is 19.1. The van der Waals surface area contributed by atoms with E-state index in [1.54, 1.807) is 6.92 Å². The number of carbonyl (C=O) groups excluding carboxylic acids is 4. The Hall–Kier alpha value is -2.97. The lowest BCUT2D eigenvalue weighted by atomic mass is 10.2. The number of rotatable bonds is 5. The summed E-state index contributed by atoms with van der Waals surface area (Å²) in [5.41, 5.74) is 0.657. The molecule has 1 fully saturated rings. The number of aryl methyl sites for hydroxylation is 1. The first-order valence-corrected chi connectivity index (χ1v) is 7.51. The minimum absolute atomic E-state index is 0.110. The summed E-state index contributed by atoms with van der Waals surface area (Å²) in [5, 5.41) is 2.42. The van der Waals surface area contributed by atoms with Crippen LogP contribution in [-0.4, -0.2) is 59.9 Å². The molecule has 0 radical (unpaired) electrons. The van der Waals surface area contributed by atoms with Gasteiger partial charge in [0.05, 0.1) is 0 Å². The summed E-state index contributed by atoms with van der Waals surface area (Å²) >= 11 is 0. The summed E-state index contributed by atoms with van der Waals surface area (Å²) in [6.07, 6.45) is -1.18. The Kier molecular flexibility index (Phi) is 5.35. The Morgan fingerprint density at radius 1 is 1.36 bits per heavy atom. The van der Waals surface area contributed by atoms with Crippen LogP contribution in [0.4, 0.5) is 14.9 Å². The molecule has 0 spiro atoms. The standard InChI is InChI=1S/C16H18FN3O5/c1-9-4-5-11(6-12(9)17)18-15(23)10(2)25-14(22)8-20-13(21)7-19(3)16(20)24/h4-6,10H,7-8H2,1-3H3,(H,18,23)/t10-/m1/s1. The van der Waals surface area contributed by atoms with E-state index < -0.39 is 42.3 Å². The molecule has 0 unspecified atom stereocenters. The highest BCUT2D eigenvalue weighted by Crippen LogP contribution is 2.14. The fourth-order valence-corrected chi connectivity index (χ4v) is 2.16. The first-order valence-electron chi connectivity index (χ1n) is 7.51. The van der Waals surface area contributed by atoms with E-state index in [1.807, 2.05) is 0 Å². The number of nitrogens with one attached hydrogen (secondary N) is 1. The lowest BCUT2D eigenvalue weighted by Crippen LogP contribution is -2.39. The third kappa shape index (κ3) is 4.31. The molecular weight excluding hydrogens is 333 g/mol. The minimum atomic E-state index is -1.18. The van der Waals surface area contributed by atoms with Crippen molar-refractivity contribution in [1.82, 2.24) is 9.80 Å². The first kappa shape index (κ1) is 18.4. The number of likely N-dealkylation sites (N-methyl/N-ethyl adjacent to an activating group) is 1. The van der Waals surface area contributed by atoms with E-state index in [0.29, 0.717) is 5.56 Å². The quantitative estimate of drug-likeness (QED) is 0.628. The van der Waals surface area contributed by atoms with Crippen molar-refractivity contribution in [2.45, 2.75) is 20.0 Å². The van der Waals surface area contributed by atoms with Gasteiger partial charge in [-0.15, -0.1) is 0 Å². The van der Waals surface area contributed by atoms with Crippen LogP contribution in [0, 0.1) is 12.7 Å². The van der Waals surface area contributed by atoms with E-state index in [2.05, 4.69) is 5.32 Å². The second kappa shape index (κ2) is 7.29. The van der Waals surface area contributed by atoms with Crippen molar-refractivity contribution >= 4 is 29.5 Å². The summed E-state index contributed by atoms with van der Waals surface area (Å²) in [5.74, 6) is -2.54. The summed E-state index contributed by atoms with van der Waals surface area (Å²) in [6, 6.07) is 3.57. The summed E-state index contributed by atoms with van der Waals surface area (Å²) in [6.45, 7) is 2.24. The second-order valence-electron chi connectivity index (χ2n) is 5.70. The van der Waals surface area contributed by atoms with Gasteiger partial charge in [0, 0.05) is 12.7 Å². The van der Waals surface area contributed by atoms with E-state index in [0.717, 1.165) is 15.9 Å². The molecule has 1 saturated heterocycles. The van der Waals surface area contributed by atoms with Crippen molar-refractivity contribution in [3.63, 3.8) is 0 Å². The van der Waals surface area contributed by atoms with Crippen molar-refractivity contribution in [2.75, 3.05) is 25.5 Å². The molecule has 1 heterocycles. The monoisotopic (exact) mass is 351 g/mol. The summed E-state index contributed by atoms with van der Waals surface area (Å²) in [4.78, 5) is 49.0. The van der Waals surface area contributed by atoms with Gasteiger partial charge in [0.25, 0.3) is 11.8 Å². The number of hydrogen-bond acceptors (Lipinski definition) is 5. The Labute approximate surface area is 143 Å². The average molecular weight is 351 g/mol. The van der Waals surface area contributed by atoms with Crippen molar-refractivity contribution in [2.24, 2.45) is 0 Å². The molecule has 25 heavy (non-hydrogen) atoms. The van der Waals surface area contributed by atoms with Gasteiger partial charge in [0.1, 0.15) is 18.9 Å². The van der Waals surface area contributed by atoms with E-state index in [4.69, 9.17) is 4.74 Å². The summed E-state index contributed by atoms with van der Waals surface area (Å²) < 4.78 is 18.4. The second-order valence-corrected chi connectivity index (χ2v) is 5.70. The summed E-state index contributed by atoms with van der Waals surface area (Å²) in [7, 11) is 1.43. The molecule has 1 atom stereocenters. The predicted octanol–water partition coefficient (Wildman–Crippen LogP) is 0.898. The first-order chi connectivity index (χ1) is 11.7. The number of halogens is 1. The molecule has 1 aromatic rings. The Morgan fingerprint density at radius 2 is 2.04 bits per heavy atom. The fraction of sp³-hybridized carbons (Fsp3) is 0.375. The van der Waals surface area contributed by atoms with Crippen LogP contribution >= 0.6 is 0 Å². The number of urea groups is 1. The van der Waals surface area contributed by atoms with Gasteiger partial charge < -0.3 is 15.0 Å². The minimum Gasteiger partial charge on any atom is -0.451 e. The third-order valence-electron chi connectivity index (χ3n) is 3.63. The molecule has 1 aliphatic heterocycles. The van der Waals surface area contributed by atoms with Crippen LogP contribution < -0.4 is 5.32 Å². The maximum absolute atomic E-state index is 13.5. The Morgan fingerprint density at radius 3 is 2.60 bits per heavy atom. The molecule has 0 aromatic heterocycles. The highest BCUT2D eigenvalue weighted by Gasteiger charge is 2.35. The van der Waals surface area contributed by atoms with Crippen molar-refractivity contribution in [1.29, 1.82) is 0 Å². The zero-order chi connectivity index (χ0) is 18.7. The van der Waals surface area contributed by atoms with Crippen LogP contribution in [0.1, 0.15) is 12.5 Å². The number of imide groups is 1. The van der Waals surface area contributed by atoms with Crippen LogP contribution in [0.5, 0.6) is 0 Å². The molecule has 0 saturated carbocycles. The largest absolute Gasteiger partial charge is 0.451 e. The topological polar surface area (TPSA) is 96.0 Å². The van der Waals surface area contributed by atoms with Crippen LogP contribution in [0.2, 0.25) is 0 Å². The molecule has 0 aliphatic carbocycles. The van der Waals surface area contributed by atoms with Crippen molar-refractivity contribution in [3.05, 3.63) is 29.6 Å². The number of carbonyl (C=O) groups is 4. The third-order valence-corrected chi connectivity index (χ3v) is 3.63. The van der Waals surface area contributed by atoms with Crippen molar-refractivity contribution in [3.8, 4) is 0 Å². The molecule has 0 bridgehead atoms. The molecule has 1 aliphatic rings. The molecule has 2 rings (SSSR count). The zero-order valence-electron chi connectivity index (χ0n) is 14.0. The Bertz CT molecular complexity index is 736. The molecule has 8 nitrogen and oxygen atoms in total. The number of benzene rings is 1. The predicted molar refractivity (Wildman–Crippen MR) is 85.1 cm³/mol. The van der Waals surface area contributed by atoms with Crippen molar-refractivity contribution < 1.29 is 28.3 Å². The maximum Gasteiger partial charge on any atom is 0.327 e. The van der Waals surface area contributed by atoms with Crippen LogP contribution in [-0.2, 0) is 19.1 Å². The number of ether oxygens (including phenoxy) is 1. The molecule has 1 aromatic carbocycles. The lowest BCUT2D eigenvalue weighted by Gasteiger charge is -2.17. The van der Waals surface area contributed by atoms with Gasteiger partial charge in [-0.25, -0.2) is 9.18 Å². The number of anilines is 1. The molecule has 9 heteroatoms. The van der Waals surface area contributed by atoms with Gasteiger partial charge in [-0.1, -0.05) is 6.07 Å². The van der Waals surface area contributed by atoms with E-state index in [-0.39, 0.29) is 12.2 Å². The van der Waals surface area contributed by atoms with Gasteiger partial charge in [-0.2, -0.15) is 0 Å². The molecule has 1 N–H and O–H groups in total. The maximum atomic E-state index is 13.5. The van der Waals surface area contributed by atoms with E-state index >= 15 is 0 Å². The molecule has 134 valence electrons. The molecule has 4 amide bonds. The Balaban J connectivity index is 1.89. The van der Waals surface area contributed by atoms with E-state index in [9.17, 15) is 23.6 Å². The number of nitrogens with zero attached hydrogens (tertiary/aromatic N) is 2. The number of hydrogen-bond donors (Lipinski definition) is 1. The van der Waals surface area contributed by atoms with Gasteiger partial charge in [0.15, 0.2) is 6.10 Å². The number of esters is 1. The smallest absolute Gasteiger partial charge is 0.327 e. The van der Waals surface area contributed by atoms with E-state index in [1.165, 1.54) is 26.1 Å². The average Bonchev–Trinajstić information content (AvgIpc) is 2.77. The van der Waals surface area contributed by atoms with Gasteiger partial charge in [-0.05, 0) is 31.5 Å². The van der Waals surface area contributed by atoms with Crippen LogP contribution in [0.3, 0.4) is 0 Å². The molecular formula is C16H18FN3O5. The SMILES string of the molecule is Cc1ccc(NC(=O)[C@@H](C)OC(=O)CN2C(=O)CN(C)C2=O)cc1F.